The highest BCUT2D eigenvalue weighted by Gasteiger charge is 2.28. The predicted octanol–water partition coefficient (Wildman–Crippen LogP) is 15.6. The number of phosphoric ester groups is 1. The number of esters is 3. The number of hydrogen-bond acceptors (Lipinski definition) is 10. The third kappa shape index (κ3) is 48.2. The number of aliphatic hydroxyl groups is 1. The van der Waals surface area contributed by atoms with Crippen molar-refractivity contribution in [3.8, 4) is 0 Å². The SMILES string of the molecule is CC/C=C\C/C=C\C/C=C\CCCCCC(=O)OCC(COP(=O)(O)OCC(CO)OC(=O)CCCCCCC/C=C\CCCCCC)OC(=O)CCCCCCC/C=C\CCCCCCCC. The van der Waals surface area contributed by atoms with Gasteiger partial charge in [0.15, 0.2) is 6.10 Å². The van der Waals surface area contributed by atoms with E-state index in [-0.39, 0.29) is 25.9 Å². The normalized spacial score (nSPS) is 13.9. The lowest BCUT2D eigenvalue weighted by molar-refractivity contribution is -0.161. The minimum Gasteiger partial charge on any atom is -0.462 e. The lowest BCUT2D eigenvalue weighted by Crippen LogP contribution is -2.30. The largest absolute Gasteiger partial charge is 0.472 e. The smallest absolute Gasteiger partial charge is 0.462 e. The Morgan fingerprint density at radius 3 is 1.22 bits per heavy atom. The maximum absolute atomic E-state index is 12.9. The van der Waals surface area contributed by atoms with Gasteiger partial charge in [-0.05, 0) is 103 Å². The average Bonchev–Trinajstić information content (AvgIpc) is 3.32. The molecular weight excluding hydrogens is 880 g/mol. The minimum atomic E-state index is -4.75. The summed E-state index contributed by atoms with van der Waals surface area (Å²) < 4.78 is 39.4. The van der Waals surface area contributed by atoms with Gasteiger partial charge in [0.05, 0.1) is 19.8 Å². The molecule has 3 atom stereocenters. The molecule has 0 aliphatic heterocycles. The monoisotopic (exact) mass is 979 g/mol. The van der Waals surface area contributed by atoms with Crippen molar-refractivity contribution in [1.82, 2.24) is 0 Å². The molecule has 0 amide bonds. The van der Waals surface area contributed by atoms with Gasteiger partial charge in [-0.25, -0.2) is 4.57 Å². The van der Waals surface area contributed by atoms with Crippen LogP contribution >= 0.6 is 7.82 Å². The molecule has 0 heterocycles. The van der Waals surface area contributed by atoms with Crippen molar-refractivity contribution < 1.29 is 52.2 Å². The molecule has 68 heavy (non-hydrogen) atoms. The number of hydrogen-bond donors (Lipinski definition) is 2. The number of carbonyl (C=O) groups is 3. The van der Waals surface area contributed by atoms with E-state index in [1.807, 2.05) is 0 Å². The van der Waals surface area contributed by atoms with Crippen LogP contribution in [0.1, 0.15) is 239 Å². The Hall–Kier alpha value is -2.82. The van der Waals surface area contributed by atoms with Gasteiger partial charge >= 0.3 is 25.7 Å². The summed E-state index contributed by atoms with van der Waals surface area (Å²) >= 11 is 0. The van der Waals surface area contributed by atoms with Crippen LogP contribution in [-0.4, -0.2) is 66.5 Å². The van der Waals surface area contributed by atoms with Crippen molar-refractivity contribution in [2.75, 3.05) is 26.4 Å². The zero-order valence-corrected chi connectivity index (χ0v) is 44.2. The summed E-state index contributed by atoms with van der Waals surface area (Å²) in [6.45, 7) is 4.45. The number of unbranched alkanes of at least 4 members (excludes halogenated alkanes) is 23. The summed E-state index contributed by atoms with van der Waals surface area (Å²) in [7, 11) is -4.75. The van der Waals surface area contributed by atoms with E-state index < -0.39 is 57.8 Å². The van der Waals surface area contributed by atoms with E-state index in [2.05, 4.69) is 81.5 Å². The van der Waals surface area contributed by atoms with Crippen LogP contribution in [0.2, 0.25) is 0 Å². The third-order valence-corrected chi connectivity index (χ3v) is 12.3. The second kappa shape index (κ2) is 50.6. The van der Waals surface area contributed by atoms with E-state index in [9.17, 15) is 28.9 Å². The van der Waals surface area contributed by atoms with E-state index in [0.29, 0.717) is 19.3 Å². The molecule has 0 aromatic heterocycles. The summed E-state index contributed by atoms with van der Waals surface area (Å²) in [5.41, 5.74) is 0. The first kappa shape index (κ1) is 65.2. The summed E-state index contributed by atoms with van der Waals surface area (Å²) in [6.07, 6.45) is 53.3. The molecule has 0 spiro atoms. The number of ether oxygens (including phenoxy) is 3. The second-order valence-corrected chi connectivity index (χ2v) is 19.5. The number of allylic oxidation sites excluding steroid dienone is 10. The molecule has 0 radical (unpaired) electrons. The number of aliphatic hydroxyl groups excluding tert-OH is 1. The van der Waals surface area contributed by atoms with Crippen LogP contribution in [0.3, 0.4) is 0 Å². The van der Waals surface area contributed by atoms with Crippen LogP contribution in [0.15, 0.2) is 60.8 Å². The van der Waals surface area contributed by atoms with Crippen LogP contribution in [0.5, 0.6) is 0 Å². The summed E-state index contributed by atoms with van der Waals surface area (Å²) in [4.78, 5) is 48.4. The Kier molecular flexibility index (Phi) is 48.5. The zero-order valence-electron chi connectivity index (χ0n) is 43.3. The fourth-order valence-corrected chi connectivity index (χ4v) is 8.03. The Morgan fingerprint density at radius 2 is 0.765 bits per heavy atom. The molecule has 0 aliphatic carbocycles. The fourth-order valence-electron chi connectivity index (χ4n) is 7.24. The molecule has 0 aromatic rings. The summed E-state index contributed by atoms with van der Waals surface area (Å²) in [6, 6.07) is 0. The zero-order chi connectivity index (χ0) is 49.9. The average molecular weight is 979 g/mol. The molecule has 394 valence electrons. The van der Waals surface area contributed by atoms with Crippen LogP contribution in [0.4, 0.5) is 0 Å². The minimum absolute atomic E-state index is 0.150. The number of carbonyl (C=O) groups excluding carboxylic acids is 3. The maximum Gasteiger partial charge on any atom is 0.472 e. The number of phosphoric acid groups is 1. The van der Waals surface area contributed by atoms with Gasteiger partial charge < -0.3 is 24.2 Å². The highest BCUT2D eigenvalue weighted by atomic mass is 31.2. The topological polar surface area (TPSA) is 155 Å². The molecule has 0 aliphatic rings. The summed E-state index contributed by atoms with van der Waals surface area (Å²) in [5, 5.41) is 9.78. The maximum atomic E-state index is 12.9. The van der Waals surface area contributed by atoms with Gasteiger partial charge in [-0.15, -0.1) is 0 Å². The van der Waals surface area contributed by atoms with Crippen molar-refractivity contribution in [2.45, 2.75) is 251 Å². The van der Waals surface area contributed by atoms with E-state index in [4.69, 9.17) is 23.3 Å². The van der Waals surface area contributed by atoms with Crippen molar-refractivity contribution in [3.05, 3.63) is 60.8 Å². The second-order valence-electron chi connectivity index (χ2n) is 18.0. The molecule has 3 unspecified atom stereocenters. The van der Waals surface area contributed by atoms with Gasteiger partial charge in [0.2, 0.25) is 0 Å². The van der Waals surface area contributed by atoms with E-state index in [1.165, 1.54) is 64.2 Å². The van der Waals surface area contributed by atoms with Crippen LogP contribution in [-0.2, 0) is 42.2 Å². The Morgan fingerprint density at radius 1 is 0.426 bits per heavy atom. The Labute approximate surface area is 415 Å². The first-order valence-electron chi connectivity index (χ1n) is 27.2. The molecule has 0 saturated heterocycles. The molecule has 0 saturated carbocycles. The molecular formula is C56H99O11P. The van der Waals surface area contributed by atoms with Crippen molar-refractivity contribution in [3.63, 3.8) is 0 Å². The first-order chi connectivity index (χ1) is 33.2. The molecule has 0 rings (SSSR count). The quantitative estimate of drug-likeness (QED) is 0.0197. The Balaban J connectivity index is 4.78. The van der Waals surface area contributed by atoms with Gasteiger partial charge in [-0.3, -0.25) is 23.4 Å². The molecule has 11 nitrogen and oxygen atoms in total. The highest BCUT2D eigenvalue weighted by molar-refractivity contribution is 7.47. The summed E-state index contributed by atoms with van der Waals surface area (Å²) in [5.74, 6) is -1.52. The standard InChI is InChI=1S/C56H99O11P/c1-4-7-10-13-16-19-22-25-26-29-32-35-38-41-44-47-56(60)67-53(49-63-54(58)45-42-39-36-33-30-27-23-20-17-14-11-8-5-2)51-65-68(61,62)64-50-52(48-57)66-55(59)46-43-40-37-34-31-28-24-21-18-15-12-9-6-3/h8,11,17,20-21,24-27,30,52-53,57H,4-7,9-10,12-16,18-19,22-23,28-29,31-51H2,1-3H3,(H,61,62)/b11-8-,20-17-,24-21-,26-25-,30-27-. The molecule has 0 bridgehead atoms. The molecule has 2 N–H and O–H groups in total. The van der Waals surface area contributed by atoms with Crippen LogP contribution < -0.4 is 0 Å². The first-order valence-corrected chi connectivity index (χ1v) is 28.7. The van der Waals surface area contributed by atoms with Crippen LogP contribution in [0.25, 0.3) is 0 Å². The molecule has 0 fully saturated rings. The van der Waals surface area contributed by atoms with E-state index in [0.717, 1.165) is 116 Å². The van der Waals surface area contributed by atoms with Gasteiger partial charge in [-0.2, -0.15) is 0 Å². The highest BCUT2D eigenvalue weighted by Crippen LogP contribution is 2.43. The number of rotatable bonds is 50. The molecule has 12 heteroatoms. The third-order valence-electron chi connectivity index (χ3n) is 11.4. The predicted molar refractivity (Wildman–Crippen MR) is 279 cm³/mol. The van der Waals surface area contributed by atoms with Crippen LogP contribution in [0, 0.1) is 0 Å². The lowest BCUT2D eigenvalue weighted by Gasteiger charge is -2.21. The lowest BCUT2D eigenvalue weighted by atomic mass is 10.1. The fraction of sp³-hybridized carbons (Fsp3) is 0.768. The van der Waals surface area contributed by atoms with Gasteiger partial charge in [0, 0.05) is 19.3 Å². The molecule has 0 aromatic carbocycles. The van der Waals surface area contributed by atoms with Gasteiger partial charge in [0.1, 0.15) is 12.7 Å². The van der Waals surface area contributed by atoms with Gasteiger partial charge in [0.25, 0.3) is 0 Å². The van der Waals surface area contributed by atoms with E-state index >= 15 is 0 Å². The Bertz CT molecular complexity index is 1370. The van der Waals surface area contributed by atoms with Gasteiger partial charge in [-0.1, -0.05) is 178 Å². The van der Waals surface area contributed by atoms with Crippen molar-refractivity contribution in [1.29, 1.82) is 0 Å². The van der Waals surface area contributed by atoms with Crippen molar-refractivity contribution in [2.24, 2.45) is 0 Å². The van der Waals surface area contributed by atoms with Crippen molar-refractivity contribution >= 4 is 25.7 Å². The van der Waals surface area contributed by atoms with E-state index in [1.54, 1.807) is 0 Å².